The minimum Gasteiger partial charge on any atom is -0.446 e. The summed E-state index contributed by atoms with van der Waals surface area (Å²) in [6.45, 7) is 7.17. The molecule has 0 radical (unpaired) electrons. The molecule has 0 bridgehead atoms. The standard InChI is InChI=1S/C23H25N7O2S/c1-23(2,3)20-17(13-15-9-10-19(33-15)29(4)12-11-25-31)22-27-26-21(30(22)28-20)16-7-5-6-8-18(16)32-14-24/h5-10,13-14,24H,11-12H2,1-4H3/b17-13-,24-14?. The number of aromatic nitrogens is 4. The second-order valence-corrected chi connectivity index (χ2v) is 9.69. The summed E-state index contributed by atoms with van der Waals surface area (Å²) in [7, 11) is 1.95. The second kappa shape index (κ2) is 9.07. The first-order valence-corrected chi connectivity index (χ1v) is 11.3. The number of fused-ring (bicyclic) bond motifs is 1. The molecule has 3 aromatic heterocycles. The Labute approximate surface area is 195 Å². The number of rotatable bonds is 8. The van der Waals surface area contributed by atoms with E-state index in [1.165, 1.54) is 0 Å². The molecule has 10 heteroatoms. The lowest BCUT2D eigenvalue weighted by Gasteiger charge is -2.15. The molecule has 33 heavy (non-hydrogen) atoms. The number of para-hydroxylation sites is 1. The van der Waals surface area contributed by atoms with Crippen molar-refractivity contribution in [1.29, 1.82) is 5.41 Å². The first kappa shape index (κ1) is 22.5. The van der Waals surface area contributed by atoms with Crippen LogP contribution in [0.4, 0.5) is 5.00 Å². The van der Waals surface area contributed by atoms with Gasteiger partial charge in [-0.05, 0) is 30.3 Å². The van der Waals surface area contributed by atoms with Crippen LogP contribution >= 0.6 is 11.3 Å². The third-order valence-corrected chi connectivity index (χ3v) is 6.31. The quantitative estimate of drug-likeness (QED) is 0.241. The van der Waals surface area contributed by atoms with Crippen molar-refractivity contribution in [3.05, 3.63) is 57.1 Å². The van der Waals surface area contributed by atoms with Crippen LogP contribution in [0.25, 0.3) is 23.1 Å². The number of nitrogens with one attached hydrogen (secondary N) is 1. The number of anilines is 1. The van der Waals surface area contributed by atoms with Gasteiger partial charge >= 0.3 is 0 Å². The lowest BCUT2D eigenvalue weighted by molar-refractivity contribution is 0.558. The zero-order valence-electron chi connectivity index (χ0n) is 18.9. The molecule has 0 aliphatic rings. The number of thiophene rings is 1. The molecule has 4 rings (SSSR count). The molecule has 1 N–H and O–H groups in total. The fraction of sp³-hybridized carbons (Fsp3) is 0.304. The molecule has 4 aromatic rings. The third kappa shape index (κ3) is 4.47. The summed E-state index contributed by atoms with van der Waals surface area (Å²) in [5, 5.41) is 26.0. The molecule has 0 atom stereocenters. The average Bonchev–Trinajstić information content (AvgIpc) is 3.49. The normalized spacial score (nSPS) is 12.3. The minimum absolute atomic E-state index is 0.221. The van der Waals surface area contributed by atoms with Crippen molar-refractivity contribution in [2.24, 2.45) is 5.18 Å². The predicted molar refractivity (Wildman–Crippen MR) is 131 cm³/mol. The summed E-state index contributed by atoms with van der Waals surface area (Å²) in [5.41, 5.74) is 2.06. The van der Waals surface area contributed by atoms with Crippen LogP contribution in [0.5, 0.6) is 5.75 Å². The lowest BCUT2D eigenvalue weighted by Crippen LogP contribution is -2.22. The van der Waals surface area contributed by atoms with Gasteiger partial charge in [0.05, 0.1) is 22.8 Å². The van der Waals surface area contributed by atoms with Crippen LogP contribution in [0.15, 0.2) is 41.6 Å². The van der Waals surface area contributed by atoms with Gasteiger partial charge in [0.1, 0.15) is 5.75 Å². The molecule has 0 aliphatic heterocycles. The van der Waals surface area contributed by atoms with Gasteiger partial charge in [-0.1, -0.05) is 38.1 Å². The molecule has 0 saturated carbocycles. The molecule has 0 spiro atoms. The summed E-state index contributed by atoms with van der Waals surface area (Å²) in [6.07, 6.45) is 2.98. The largest absolute Gasteiger partial charge is 0.446 e. The van der Waals surface area contributed by atoms with Gasteiger partial charge in [-0.2, -0.15) is 14.5 Å². The average molecular weight is 464 g/mol. The molecular formula is C23H25N7O2S. The van der Waals surface area contributed by atoms with Crippen LogP contribution in [0.2, 0.25) is 0 Å². The van der Waals surface area contributed by atoms with Gasteiger partial charge in [-0.25, -0.2) is 0 Å². The number of hydrogen-bond acceptors (Lipinski definition) is 9. The smallest absolute Gasteiger partial charge is 0.189 e. The van der Waals surface area contributed by atoms with E-state index in [9.17, 15) is 4.91 Å². The summed E-state index contributed by atoms with van der Waals surface area (Å²) in [4.78, 5) is 13.5. The molecule has 9 nitrogen and oxygen atoms in total. The first-order chi connectivity index (χ1) is 15.8. The highest BCUT2D eigenvalue weighted by Crippen LogP contribution is 2.30. The van der Waals surface area contributed by atoms with Crippen LogP contribution in [-0.2, 0) is 5.41 Å². The topological polar surface area (TPSA) is 109 Å². The van der Waals surface area contributed by atoms with Crippen LogP contribution in [0.1, 0.15) is 31.3 Å². The van der Waals surface area contributed by atoms with E-state index in [2.05, 4.69) is 42.2 Å². The Morgan fingerprint density at radius 3 is 2.73 bits per heavy atom. The van der Waals surface area contributed by atoms with Crippen LogP contribution in [-0.4, -0.2) is 46.3 Å². The Balaban J connectivity index is 1.85. The molecule has 0 aliphatic carbocycles. The van der Waals surface area contributed by atoms with Gasteiger partial charge in [0.15, 0.2) is 17.9 Å². The van der Waals surface area contributed by atoms with Crippen molar-refractivity contribution in [3.8, 4) is 17.1 Å². The molecule has 0 amide bonds. The number of hydrogen-bond donors (Lipinski definition) is 1. The Hall–Kier alpha value is -3.66. The van der Waals surface area contributed by atoms with E-state index in [0.29, 0.717) is 29.3 Å². The fourth-order valence-corrected chi connectivity index (χ4v) is 4.48. The van der Waals surface area contributed by atoms with Gasteiger partial charge in [0.2, 0.25) is 0 Å². The molecule has 3 heterocycles. The number of benzene rings is 1. The van der Waals surface area contributed by atoms with Crippen molar-refractivity contribution < 1.29 is 4.74 Å². The molecule has 0 fully saturated rings. The maximum absolute atomic E-state index is 10.5. The number of nitroso groups, excluding NO2 is 1. The highest BCUT2D eigenvalue weighted by Gasteiger charge is 2.25. The van der Waals surface area contributed by atoms with Crippen LogP contribution < -0.4 is 14.9 Å². The van der Waals surface area contributed by atoms with Crippen molar-refractivity contribution in [1.82, 2.24) is 19.8 Å². The number of likely N-dealkylation sites (N-methyl/N-ethyl adjacent to an activating group) is 1. The highest BCUT2D eigenvalue weighted by atomic mass is 32.1. The van der Waals surface area contributed by atoms with Gasteiger partial charge < -0.3 is 9.64 Å². The second-order valence-electron chi connectivity index (χ2n) is 8.60. The Bertz CT molecular complexity index is 1350. The molecule has 1 aromatic carbocycles. The summed E-state index contributed by atoms with van der Waals surface area (Å²) >= 11 is 1.63. The Kier molecular flexibility index (Phi) is 6.19. The molecule has 0 saturated heterocycles. The SMILES string of the molecule is CN(CCN=O)c1ccc(/C=c2/c(C(C)(C)C)nn3c(-c4ccccc4OC=N)nnc23)s1. The van der Waals surface area contributed by atoms with Crippen molar-refractivity contribution in [2.75, 3.05) is 25.0 Å². The molecule has 170 valence electrons. The minimum atomic E-state index is -0.221. The van der Waals surface area contributed by atoms with E-state index in [-0.39, 0.29) is 12.0 Å². The zero-order chi connectivity index (χ0) is 23.6. The van der Waals surface area contributed by atoms with E-state index in [4.69, 9.17) is 15.2 Å². The maximum Gasteiger partial charge on any atom is 0.189 e. The van der Waals surface area contributed by atoms with Crippen molar-refractivity contribution in [3.63, 3.8) is 0 Å². The van der Waals surface area contributed by atoms with Gasteiger partial charge in [-0.3, -0.25) is 5.41 Å². The summed E-state index contributed by atoms with van der Waals surface area (Å²) in [6, 6.07) is 11.5. The van der Waals surface area contributed by atoms with E-state index < -0.39 is 0 Å². The summed E-state index contributed by atoms with van der Waals surface area (Å²) in [5.74, 6) is 1.07. The number of nitrogens with zero attached hydrogens (tertiary/aromatic N) is 6. The zero-order valence-corrected chi connectivity index (χ0v) is 19.8. The number of ether oxygens (including phenoxy) is 1. The summed E-state index contributed by atoms with van der Waals surface area (Å²) < 4.78 is 7.10. The van der Waals surface area contributed by atoms with E-state index in [1.807, 2.05) is 42.3 Å². The van der Waals surface area contributed by atoms with E-state index in [1.54, 1.807) is 21.9 Å². The Morgan fingerprint density at radius 1 is 1.21 bits per heavy atom. The van der Waals surface area contributed by atoms with Gasteiger partial charge in [0, 0.05) is 29.1 Å². The third-order valence-electron chi connectivity index (χ3n) is 5.16. The highest BCUT2D eigenvalue weighted by molar-refractivity contribution is 7.16. The van der Waals surface area contributed by atoms with E-state index in [0.717, 1.165) is 27.2 Å². The first-order valence-electron chi connectivity index (χ1n) is 10.5. The van der Waals surface area contributed by atoms with Crippen molar-refractivity contribution in [2.45, 2.75) is 26.2 Å². The van der Waals surface area contributed by atoms with Gasteiger partial charge in [0.25, 0.3) is 0 Å². The Morgan fingerprint density at radius 2 is 2.00 bits per heavy atom. The molecular weight excluding hydrogens is 438 g/mol. The fourth-order valence-electron chi connectivity index (χ4n) is 3.54. The molecule has 0 unspecified atom stereocenters. The monoisotopic (exact) mass is 463 g/mol. The predicted octanol–water partition coefficient (Wildman–Crippen LogP) is 3.89. The van der Waals surface area contributed by atoms with Crippen LogP contribution in [0, 0.1) is 10.3 Å². The van der Waals surface area contributed by atoms with Gasteiger partial charge in [-0.15, -0.1) is 21.5 Å². The maximum atomic E-state index is 10.5. The lowest BCUT2D eigenvalue weighted by atomic mass is 9.91. The van der Waals surface area contributed by atoms with E-state index >= 15 is 0 Å². The van der Waals surface area contributed by atoms with Crippen LogP contribution in [0.3, 0.4) is 0 Å². The van der Waals surface area contributed by atoms with Crippen molar-refractivity contribution >= 4 is 34.5 Å².